The third-order valence-corrected chi connectivity index (χ3v) is 4.35. The van der Waals surface area contributed by atoms with E-state index in [1.54, 1.807) is 12.6 Å². The summed E-state index contributed by atoms with van der Waals surface area (Å²) >= 11 is 2.76. The van der Waals surface area contributed by atoms with E-state index in [9.17, 15) is 4.79 Å². The Labute approximate surface area is 112 Å². The summed E-state index contributed by atoms with van der Waals surface area (Å²) in [5, 5.41) is 6.31. The zero-order valence-electron chi connectivity index (χ0n) is 9.98. The van der Waals surface area contributed by atoms with Crippen LogP contribution in [0.5, 0.6) is 0 Å². The van der Waals surface area contributed by atoms with E-state index in [0.717, 1.165) is 10.6 Å². The number of hydrogen-bond donors (Lipinski definition) is 3. The van der Waals surface area contributed by atoms with Crippen molar-refractivity contribution in [2.45, 2.75) is 13.5 Å². The second kappa shape index (κ2) is 5.32. The number of carbonyl (C=O) groups excluding carboxylic acids is 1. The summed E-state index contributed by atoms with van der Waals surface area (Å²) in [6.45, 7) is 2.37. The van der Waals surface area contributed by atoms with E-state index in [1.165, 1.54) is 22.7 Å². The van der Waals surface area contributed by atoms with Crippen LogP contribution in [0, 0.1) is 6.92 Å². The quantitative estimate of drug-likeness (QED) is 0.790. The van der Waals surface area contributed by atoms with Crippen LogP contribution in [-0.2, 0) is 6.54 Å². The number of nitrogens with two attached hydrogens (primary N) is 1. The summed E-state index contributed by atoms with van der Waals surface area (Å²) in [7, 11) is 1.74. The number of carbonyl (C=O) groups is 1. The molecule has 2 rings (SSSR count). The molecule has 0 radical (unpaired) electrons. The second-order valence-electron chi connectivity index (χ2n) is 3.53. The zero-order valence-corrected chi connectivity index (χ0v) is 11.6. The van der Waals surface area contributed by atoms with Crippen LogP contribution in [0.3, 0.4) is 0 Å². The average Bonchev–Trinajstić information content (AvgIpc) is 2.92. The van der Waals surface area contributed by atoms with E-state index in [0.29, 0.717) is 16.6 Å². The molecular formula is C10H13N5OS2. The van der Waals surface area contributed by atoms with Gasteiger partial charge in [-0.1, -0.05) is 11.3 Å². The molecule has 8 heteroatoms. The molecule has 2 aromatic rings. The van der Waals surface area contributed by atoms with Gasteiger partial charge < -0.3 is 16.4 Å². The number of nitrogen functional groups attached to an aromatic ring is 1. The zero-order chi connectivity index (χ0) is 13.1. The van der Waals surface area contributed by atoms with Gasteiger partial charge in [0.1, 0.15) is 10.7 Å². The minimum absolute atomic E-state index is 0.209. The maximum atomic E-state index is 11.9. The Morgan fingerprint density at radius 1 is 1.56 bits per heavy atom. The number of hydrogen-bond acceptors (Lipinski definition) is 7. The largest absolute Gasteiger partial charge is 0.382 e. The van der Waals surface area contributed by atoms with Crippen molar-refractivity contribution in [2.24, 2.45) is 0 Å². The molecular weight excluding hydrogens is 270 g/mol. The first-order chi connectivity index (χ1) is 8.61. The third kappa shape index (κ3) is 2.59. The maximum Gasteiger partial charge on any atom is 0.265 e. The van der Waals surface area contributed by atoms with Gasteiger partial charge in [0.2, 0.25) is 0 Å². The van der Waals surface area contributed by atoms with Crippen molar-refractivity contribution in [3.63, 3.8) is 0 Å². The number of anilines is 2. The number of amides is 1. The van der Waals surface area contributed by atoms with Gasteiger partial charge in [0.05, 0.1) is 17.7 Å². The lowest BCUT2D eigenvalue weighted by atomic mass is 10.4. The number of thiazole rings is 2. The molecule has 0 saturated carbocycles. The fourth-order valence-electron chi connectivity index (χ4n) is 1.34. The van der Waals surface area contributed by atoms with Crippen LogP contribution in [-0.4, -0.2) is 22.9 Å². The number of aromatic nitrogens is 2. The first-order valence-corrected chi connectivity index (χ1v) is 6.92. The highest BCUT2D eigenvalue weighted by Gasteiger charge is 2.15. The molecule has 0 atom stereocenters. The van der Waals surface area contributed by atoms with Crippen molar-refractivity contribution in [1.82, 2.24) is 15.3 Å². The van der Waals surface area contributed by atoms with Gasteiger partial charge in [-0.15, -0.1) is 11.3 Å². The van der Waals surface area contributed by atoms with Crippen molar-refractivity contribution in [3.05, 3.63) is 21.0 Å². The lowest BCUT2D eigenvalue weighted by Gasteiger charge is -2.02. The second-order valence-corrected chi connectivity index (χ2v) is 5.47. The normalized spacial score (nSPS) is 10.3. The molecule has 0 aliphatic heterocycles. The van der Waals surface area contributed by atoms with Crippen molar-refractivity contribution >= 4 is 39.5 Å². The molecule has 0 bridgehead atoms. The van der Waals surface area contributed by atoms with Crippen LogP contribution in [0.25, 0.3) is 0 Å². The van der Waals surface area contributed by atoms with E-state index in [-0.39, 0.29) is 11.7 Å². The molecule has 0 unspecified atom stereocenters. The number of rotatable bonds is 4. The number of nitrogens with one attached hydrogen (secondary N) is 2. The highest BCUT2D eigenvalue weighted by Crippen LogP contribution is 2.24. The first-order valence-electron chi connectivity index (χ1n) is 5.23. The summed E-state index contributed by atoms with van der Waals surface area (Å²) < 4.78 is 0. The van der Waals surface area contributed by atoms with Crippen LogP contribution < -0.4 is 16.4 Å². The van der Waals surface area contributed by atoms with Crippen LogP contribution in [0.2, 0.25) is 0 Å². The number of aryl methyl sites for hydroxylation is 1. The molecule has 1 amide bonds. The first kappa shape index (κ1) is 12.8. The summed E-state index contributed by atoms with van der Waals surface area (Å²) in [6, 6.07) is 0. The number of nitrogens with zero attached hydrogens (tertiary/aromatic N) is 2. The Kier molecular flexibility index (Phi) is 3.78. The molecule has 4 N–H and O–H groups in total. The third-order valence-electron chi connectivity index (χ3n) is 2.33. The van der Waals surface area contributed by atoms with Gasteiger partial charge in [-0.05, 0) is 6.92 Å². The minimum Gasteiger partial charge on any atom is -0.382 e. The van der Waals surface area contributed by atoms with E-state index in [1.807, 2.05) is 6.92 Å². The Balaban J connectivity index is 2.03. The van der Waals surface area contributed by atoms with Crippen LogP contribution in [0.15, 0.2) is 5.51 Å². The molecule has 18 heavy (non-hydrogen) atoms. The molecule has 0 fully saturated rings. The standard InChI is InChI=1S/C10H13N5OS2/c1-5-6(17-4-14-5)3-13-9(16)7-8(11)15-10(12-2)18-7/h4H,3,11H2,1-2H3,(H,12,15)(H,13,16). The lowest BCUT2D eigenvalue weighted by Crippen LogP contribution is -2.22. The Hall–Kier alpha value is -1.67. The van der Waals surface area contributed by atoms with Crippen LogP contribution in [0.4, 0.5) is 10.9 Å². The molecule has 96 valence electrons. The Bertz CT molecular complexity index is 562. The van der Waals surface area contributed by atoms with Crippen molar-refractivity contribution < 1.29 is 4.79 Å². The molecule has 2 aromatic heterocycles. The van der Waals surface area contributed by atoms with E-state index in [4.69, 9.17) is 5.73 Å². The van der Waals surface area contributed by atoms with Gasteiger partial charge in [0, 0.05) is 11.9 Å². The van der Waals surface area contributed by atoms with Gasteiger partial charge >= 0.3 is 0 Å². The molecule has 0 aliphatic carbocycles. The van der Waals surface area contributed by atoms with E-state index < -0.39 is 0 Å². The smallest absolute Gasteiger partial charge is 0.265 e. The van der Waals surface area contributed by atoms with Crippen LogP contribution >= 0.6 is 22.7 Å². The van der Waals surface area contributed by atoms with E-state index in [2.05, 4.69) is 20.6 Å². The lowest BCUT2D eigenvalue weighted by molar-refractivity contribution is 0.0956. The summed E-state index contributed by atoms with van der Waals surface area (Å²) in [6.07, 6.45) is 0. The van der Waals surface area contributed by atoms with Crippen molar-refractivity contribution in [3.8, 4) is 0 Å². The Morgan fingerprint density at radius 3 is 2.89 bits per heavy atom. The van der Waals surface area contributed by atoms with Gasteiger partial charge in [-0.25, -0.2) is 9.97 Å². The summed E-state index contributed by atoms with van der Waals surface area (Å²) in [5.74, 6) is 0.0437. The molecule has 0 spiro atoms. The Morgan fingerprint density at radius 2 is 2.33 bits per heavy atom. The molecule has 2 heterocycles. The van der Waals surface area contributed by atoms with E-state index >= 15 is 0 Å². The minimum atomic E-state index is -0.209. The average molecular weight is 283 g/mol. The maximum absolute atomic E-state index is 11.9. The highest BCUT2D eigenvalue weighted by molar-refractivity contribution is 7.18. The molecule has 6 nitrogen and oxygen atoms in total. The molecule has 0 aromatic carbocycles. The van der Waals surface area contributed by atoms with Gasteiger partial charge in [-0.3, -0.25) is 4.79 Å². The topological polar surface area (TPSA) is 92.9 Å². The van der Waals surface area contributed by atoms with Gasteiger partial charge in [0.25, 0.3) is 5.91 Å². The van der Waals surface area contributed by atoms with Gasteiger partial charge in [-0.2, -0.15) is 0 Å². The monoisotopic (exact) mass is 283 g/mol. The predicted molar refractivity (Wildman–Crippen MR) is 74.1 cm³/mol. The summed E-state index contributed by atoms with van der Waals surface area (Å²) in [4.78, 5) is 21.6. The SMILES string of the molecule is CNc1nc(N)c(C(=O)NCc2scnc2C)s1. The molecule has 0 saturated heterocycles. The predicted octanol–water partition coefficient (Wildman–Crippen LogP) is 1.46. The molecule has 0 aliphatic rings. The van der Waals surface area contributed by atoms with Crippen LogP contribution in [0.1, 0.15) is 20.2 Å². The van der Waals surface area contributed by atoms with Gasteiger partial charge in [0.15, 0.2) is 5.13 Å². The van der Waals surface area contributed by atoms with Crippen molar-refractivity contribution in [2.75, 3.05) is 18.1 Å². The fraction of sp³-hybridized carbons (Fsp3) is 0.300. The van der Waals surface area contributed by atoms with Crippen molar-refractivity contribution in [1.29, 1.82) is 0 Å². The summed E-state index contributed by atoms with van der Waals surface area (Å²) in [5.41, 5.74) is 8.38. The highest BCUT2D eigenvalue weighted by atomic mass is 32.1. The fourth-order valence-corrected chi connectivity index (χ4v) is 2.81.